The van der Waals surface area contributed by atoms with Gasteiger partial charge in [0.15, 0.2) is 34.6 Å². The largest absolute Gasteiger partial charge is 0.493 e. The SMILES string of the molecule is C=C(Nc1ccc(Oc2ccnc3cc(OCC4CCNCC4)c(OC)cc23)c(F)c1)C(=O)NCCc1ccc(OCC)c(OC)c1. The van der Waals surface area contributed by atoms with Gasteiger partial charge < -0.3 is 39.6 Å². The van der Waals surface area contributed by atoms with Crippen molar-refractivity contribution in [2.24, 2.45) is 5.92 Å². The normalized spacial score (nSPS) is 13.1. The summed E-state index contributed by atoms with van der Waals surface area (Å²) in [6, 6.07) is 15.3. The Morgan fingerprint density at radius 1 is 0.936 bits per heavy atom. The van der Waals surface area contributed by atoms with Gasteiger partial charge in [-0.05, 0) is 87.2 Å². The number of nitrogens with one attached hydrogen (secondary N) is 3. The molecule has 3 aromatic carbocycles. The van der Waals surface area contributed by atoms with E-state index in [1.54, 1.807) is 38.6 Å². The third kappa shape index (κ3) is 8.62. The Bertz CT molecular complexity index is 1710. The Balaban J connectivity index is 1.18. The van der Waals surface area contributed by atoms with Crippen molar-refractivity contribution >= 4 is 22.5 Å². The number of piperidine rings is 1. The van der Waals surface area contributed by atoms with Gasteiger partial charge in [0.25, 0.3) is 5.91 Å². The van der Waals surface area contributed by atoms with Crippen LogP contribution in [-0.4, -0.2) is 58.0 Å². The summed E-state index contributed by atoms with van der Waals surface area (Å²) in [6.07, 6.45) is 4.30. The molecule has 11 heteroatoms. The molecule has 10 nitrogen and oxygen atoms in total. The summed E-state index contributed by atoms with van der Waals surface area (Å²) in [5.41, 5.74) is 2.03. The van der Waals surface area contributed by atoms with E-state index in [2.05, 4.69) is 27.5 Å². The van der Waals surface area contributed by atoms with Gasteiger partial charge in [-0.2, -0.15) is 0 Å². The Kier molecular flexibility index (Phi) is 11.3. The second kappa shape index (κ2) is 16.0. The lowest BCUT2D eigenvalue weighted by atomic mass is 9.99. The van der Waals surface area contributed by atoms with E-state index >= 15 is 4.39 Å². The van der Waals surface area contributed by atoms with E-state index < -0.39 is 11.7 Å². The number of anilines is 1. The average Bonchev–Trinajstić information content (AvgIpc) is 3.09. The summed E-state index contributed by atoms with van der Waals surface area (Å²) in [7, 11) is 3.16. The van der Waals surface area contributed by atoms with E-state index in [-0.39, 0.29) is 11.4 Å². The number of carbonyl (C=O) groups is 1. The van der Waals surface area contributed by atoms with E-state index in [4.69, 9.17) is 23.7 Å². The van der Waals surface area contributed by atoms with Crippen LogP contribution in [0.5, 0.6) is 34.5 Å². The Hall–Kier alpha value is -5.03. The van der Waals surface area contributed by atoms with Crippen LogP contribution in [0.1, 0.15) is 25.3 Å². The minimum absolute atomic E-state index is 0.00842. The first-order valence-electron chi connectivity index (χ1n) is 15.7. The first-order valence-corrected chi connectivity index (χ1v) is 15.7. The first-order chi connectivity index (χ1) is 22.9. The summed E-state index contributed by atoms with van der Waals surface area (Å²) in [4.78, 5) is 17.1. The number of halogens is 1. The maximum Gasteiger partial charge on any atom is 0.267 e. The maximum absolute atomic E-state index is 15.2. The standard InChI is InChI=1S/C36H41FN4O6/c1-5-45-32-8-6-24(18-33(32)43-3)12-16-40-36(42)23(2)41-26-7-9-31(28(37)19-26)47-30-13-17-39-29-21-35(34(44-4)20-27(29)30)46-22-25-10-14-38-15-11-25/h6-9,13,17-21,25,38,41H,2,5,10-12,14-16,22H2,1,3-4H3,(H,40,42). The Labute approximate surface area is 274 Å². The molecule has 1 saturated heterocycles. The molecular weight excluding hydrogens is 603 g/mol. The highest BCUT2D eigenvalue weighted by Crippen LogP contribution is 2.38. The predicted molar refractivity (Wildman–Crippen MR) is 179 cm³/mol. The zero-order chi connectivity index (χ0) is 33.2. The van der Waals surface area contributed by atoms with Crippen molar-refractivity contribution in [3.05, 3.63) is 84.5 Å². The number of benzene rings is 3. The van der Waals surface area contributed by atoms with E-state index in [1.807, 2.05) is 31.2 Å². The molecule has 1 amide bonds. The quantitative estimate of drug-likeness (QED) is 0.129. The number of carbonyl (C=O) groups excluding carboxylic acids is 1. The number of aromatic nitrogens is 1. The fraction of sp³-hybridized carbons (Fsp3) is 0.333. The van der Waals surface area contributed by atoms with Crippen molar-refractivity contribution in [3.63, 3.8) is 0 Å². The molecule has 0 spiro atoms. The molecule has 0 atom stereocenters. The number of rotatable bonds is 15. The molecule has 3 N–H and O–H groups in total. The fourth-order valence-electron chi connectivity index (χ4n) is 5.33. The number of methoxy groups -OCH3 is 2. The highest BCUT2D eigenvalue weighted by atomic mass is 19.1. The molecule has 4 aromatic rings. The molecule has 0 aliphatic carbocycles. The highest BCUT2D eigenvalue weighted by molar-refractivity contribution is 5.95. The second-order valence-corrected chi connectivity index (χ2v) is 11.1. The maximum atomic E-state index is 15.2. The lowest BCUT2D eigenvalue weighted by Crippen LogP contribution is -2.30. The summed E-state index contributed by atoms with van der Waals surface area (Å²) in [5.74, 6) is 2.32. The van der Waals surface area contributed by atoms with Crippen molar-refractivity contribution in [3.8, 4) is 34.5 Å². The third-order valence-corrected chi connectivity index (χ3v) is 7.87. The molecule has 0 radical (unpaired) electrons. The zero-order valence-electron chi connectivity index (χ0n) is 27.0. The number of hydrogen-bond donors (Lipinski definition) is 3. The molecule has 5 rings (SSSR count). The van der Waals surface area contributed by atoms with Gasteiger partial charge in [-0.1, -0.05) is 12.6 Å². The molecule has 0 unspecified atom stereocenters. The lowest BCUT2D eigenvalue weighted by Gasteiger charge is -2.23. The lowest BCUT2D eigenvalue weighted by molar-refractivity contribution is -0.117. The van der Waals surface area contributed by atoms with Crippen molar-refractivity contribution < 1.29 is 32.9 Å². The number of pyridine rings is 1. The smallest absolute Gasteiger partial charge is 0.267 e. The highest BCUT2D eigenvalue weighted by Gasteiger charge is 2.18. The Morgan fingerprint density at radius 3 is 2.45 bits per heavy atom. The summed E-state index contributed by atoms with van der Waals surface area (Å²) >= 11 is 0. The summed E-state index contributed by atoms with van der Waals surface area (Å²) in [6.45, 7) is 9.20. The number of amides is 1. The van der Waals surface area contributed by atoms with E-state index in [0.29, 0.717) is 77.4 Å². The van der Waals surface area contributed by atoms with Gasteiger partial charge in [-0.3, -0.25) is 9.78 Å². The Morgan fingerprint density at radius 2 is 1.70 bits per heavy atom. The van der Waals surface area contributed by atoms with Crippen LogP contribution in [-0.2, 0) is 11.2 Å². The van der Waals surface area contributed by atoms with Crippen molar-refractivity contribution in [2.75, 3.05) is 52.4 Å². The van der Waals surface area contributed by atoms with E-state index in [1.165, 1.54) is 12.1 Å². The van der Waals surface area contributed by atoms with Crippen molar-refractivity contribution in [2.45, 2.75) is 26.2 Å². The van der Waals surface area contributed by atoms with Gasteiger partial charge in [-0.15, -0.1) is 0 Å². The van der Waals surface area contributed by atoms with Crippen LogP contribution in [0.2, 0.25) is 0 Å². The van der Waals surface area contributed by atoms with E-state index in [0.717, 1.165) is 31.5 Å². The van der Waals surface area contributed by atoms with Gasteiger partial charge in [-0.25, -0.2) is 4.39 Å². The molecule has 1 aromatic heterocycles. The molecule has 0 saturated carbocycles. The molecular formula is C36H41FN4O6. The molecule has 2 heterocycles. The number of ether oxygens (including phenoxy) is 5. The molecule has 1 aliphatic heterocycles. The molecule has 248 valence electrons. The first kappa shape index (κ1) is 33.3. The van der Waals surface area contributed by atoms with Crippen LogP contribution in [0.15, 0.2) is 73.1 Å². The van der Waals surface area contributed by atoms with Gasteiger partial charge in [0.2, 0.25) is 0 Å². The van der Waals surface area contributed by atoms with Crippen LogP contribution in [0.3, 0.4) is 0 Å². The van der Waals surface area contributed by atoms with E-state index in [9.17, 15) is 4.79 Å². The third-order valence-electron chi connectivity index (χ3n) is 7.87. The number of fused-ring (bicyclic) bond motifs is 1. The van der Waals surface area contributed by atoms with Crippen molar-refractivity contribution in [1.82, 2.24) is 15.6 Å². The predicted octanol–water partition coefficient (Wildman–Crippen LogP) is 6.25. The van der Waals surface area contributed by atoms with Crippen LogP contribution >= 0.6 is 0 Å². The molecule has 1 aliphatic rings. The summed E-state index contributed by atoms with van der Waals surface area (Å²) in [5, 5.41) is 9.70. The van der Waals surface area contributed by atoms with Crippen LogP contribution in [0.4, 0.5) is 10.1 Å². The van der Waals surface area contributed by atoms with Crippen LogP contribution < -0.4 is 39.6 Å². The average molecular weight is 645 g/mol. The number of hydrogen-bond acceptors (Lipinski definition) is 9. The van der Waals surface area contributed by atoms with Crippen molar-refractivity contribution in [1.29, 1.82) is 0 Å². The summed E-state index contributed by atoms with van der Waals surface area (Å²) < 4.78 is 43.9. The second-order valence-electron chi connectivity index (χ2n) is 11.1. The molecule has 47 heavy (non-hydrogen) atoms. The monoisotopic (exact) mass is 644 g/mol. The molecule has 1 fully saturated rings. The fourth-order valence-corrected chi connectivity index (χ4v) is 5.33. The van der Waals surface area contributed by atoms with Crippen LogP contribution in [0.25, 0.3) is 10.9 Å². The zero-order valence-corrected chi connectivity index (χ0v) is 27.0. The van der Waals surface area contributed by atoms with Gasteiger partial charge >= 0.3 is 0 Å². The van der Waals surface area contributed by atoms with Gasteiger partial charge in [0, 0.05) is 35.9 Å². The minimum Gasteiger partial charge on any atom is -0.493 e. The van der Waals surface area contributed by atoms with Gasteiger partial charge in [0.05, 0.1) is 38.6 Å². The van der Waals surface area contributed by atoms with Crippen LogP contribution in [0, 0.1) is 11.7 Å². The molecule has 0 bridgehead atoms. The minimum atomic E-state index is -0.619. The number of nitrogens with zero attached hydrogens (tertiary/aromatic N) is 1. The topological polar surface area (TPSA) is 112 Å². The van der Waals surface area contributed by atoms with Gasteiger partial charge in [0.1, 0.15) is 5.75 Å².